The van der Waals surface area contributed by atoms with Gasteiger partial charge in [-0.25, -0.2) is 4.98 Å². The quantitative estimate of drug-likeness (QED) is 0.639. The molecule has 1 nitrogen and oxygen atoms in total. The molecule has 0 spiro atoms. The average Bonchev–Trinajstić information content (AvgIpc) is 2.46. The summed E-state index contributed by atoms with van der Waals surface area (Å²) in [5, 5.41) is 1.82. The Labute approximate surface area is 117 Å². The third-order valence-electron chi connectivity index (χ3n) is 3.11. The summed E-state index contributed by atoms with van der Waals surface area (Å²) in [5.74, 6) is 0. The first-order chi connectivity index (χ1) is 9.25. The Balaban J connectivity index is 2.09. The highest BCUT2D eigenvalue weighted by atomic mass is 35.5. The Hall–Kier alpha value is -2.12. The van der Waals surface area contributed by atoms with Gasteiger partial charge in [-0.1, -0.05) is 60.6 Å². The van der Waals surface area contributed by atoms with Crippen molar-refractivity contribution in [2.45, 2.75) is 0 Å². The van der Waals surface area contributed by atoms with Crippen molar-refractivity contribution in [3.63, 3.8) is 0 Å². The first-order valence-corrected chi connectivity index (χ1v) is 6.43. The largest absolute Gasteiger partial charge is 0.248 e. The normalized spacial score (nSPS) is 10.6. The molecule has 1 aromatic heterocycles. The number of fused-ring (bicyclic) bond motifs is 1. The van der Waals surface area contributed by atoms with Gasteiger partial charge in [-0.05, 0) is 18.2 Å². The number of rotatable bonds is 2. The zero-order valence-corrected chi connectivity index (χ0v) is 11.1. The molecule has 3 aromatic rings. The van der Waals surface area contributed by atoms with Gasteiger partial charge in [-0.15, -0.1) is 0 Å². The Kier molecular flexibility index (Phi) is 3.06. The fourth-order valence-corrected chi connectivity index (χ4v) is 2.33. The van der Waals surface area contributed by atoms with Crippen LogP contribution in [0.25, 0.3) is 16.5 Å². The Morgan fingerprint density at radius 3 is 2.47 bits per heavy atom. The van der Waals surface area contributed by atoms with Crippen LogP contribution in [0.5, 0.6) is 0 Å². The second-order valence-corrected chi connectivity index (χ2v) is 4.75. The highest BCUT2D eigenvalue weighted by Gasteiger charge is 2.08. The van der Waals surface area contributed by atoms with Gasteiger partial charge < -0.3 is 0 Å². The van der Waals surface area contributed by atoms with Gasteiger partial charge in [0, 0.05) is 21.5 Å². The summed E-state index contributed by atoms with van der Waals surface area (Å²) in [5.41, 5.74) is 3.59. The number of halogens is 1. The molecule has 3 rings (SSSR count). The summed E-state index contributed by atoms with van der Waals surface area (Å²) >= 11 is 6.20. The van der Waals surface area contributed by atoms with E-state index < -0.39 is 0 Å². The highest BCUT2D eigenvalue weighted by molar-refractivity contribution is 6.32. The predicted molar refractivity (Wildman–Crippen MR) is 81.3 cm³/mol. The van der Waals surface area contributed by atoms with Gasteiger partial charge in [0.15, 0.2) is 0 Å². The first kappa shape index (κ1) is 11.9. The van der Waals surface area contributed by atoms with Crippen LogP contribution >= 0.6 is 11.6 Å². The van der Waals surface area contributed by atoms with Crippen LogP contribution in [0.4, 0.5) is 0 Å². The van der Waals surface area contributed by atoms with Gasteiger partial charge in [0.2, 0.25) is 0 Å². The summed E-state index contributed by atoms with van der Waals surface area (Å²) in [7, 11) is 0. The van der Waals surface area contributed by atoms with Gasteiger partial charge in [-0.2, -0.15) is 0 Å². The molecule has 0 N–H and O–H groups in total. The molecular weight excluding hydrogens is 254 g/mol. The molecule has 0 bridgehead atoms. The topological polar surface area (TPSA) is 12.9 Å². The predicted octanol–water partition coefficient (Wildman–Crippen LogP) is 4.95. The van der Waals surface area contributed by atoms with Crippen LogP contribution in [0.2, 0.25) is 5.02 Å². The van der Waals surface area contributed by atoms with E-state index in [-0.39, 0.29) is 0 Å². The molecule has 92 valence electrons. The lowest BCUT2D eigenvalue weighted by Gasteiger charge is -2.08. The number of nitrogens with zero attached hydrogens (tertiary/aromatic N) is 1. The molecule has 2 heteroatoms. The molecular formula is C17H12ClN. The maximum atomic E-state index is 6.20. The van der Waals surface area contributed by atoms with Crippen LogP contribution in [0.1, 0.15) is 11.3 Å². The van der Waals surface area contributed by atoms with Crippen LogP contribution < -0.4 is 0 Å². The van der Waals surface area contributed by atoms with E-state index in [9.17, 15) is 0 Å². The zero-order valence-electron chi connectivity index (χ0n) is 10.3. The molecule has 1 heterocycles. The standard InChI is InChI=1S/C17H12ClN/c1-12(14-7-3-4-8-15(14)18)16-11-10-13-6-2-5-9-17(13)19-16/h2-11H,1H2. The second-order valence-electron chi connectivity index (χ2n) is 4.35. The molecule has 0 aliphatic carbocycles. The highest BCUT2D eigenvalue weighted by Crippen LogP contribution is 2.27. The second kappa shape index (κ2) is 4.87. The molecule has 0 saturated carbocycles. The third kappa shape index (κ3) is 2.25. The number of pyridine rings is 1. The Morgan fingerprint density at radius 2 is 1.63 bits per heavy atom. The van der Waals surface area contributed by atoms with Crippen LogP contribution in [0, 0.1) is 0 Å². The summed E-state index contributed by atoms with van der Waals surface area (Å²) in [4.78, 5) is 4.63. The van der Waals surface area contributed by atoms with Gasteiger partial charge >= 0.3 is 0 Å². The molecule has 0 amide bonds. The summed E-state index contributed by atoms with van der Waals surface area (Å²) in [6.45, 7) is 4.12. The van der Waals surface area contributed by atoms with Crippen molar-refractivity contribution in [1.82, 2.24) is 4.98 Å². The van der Waals surface area contributed by atoms with E-state index in [4.69, 9.17) is 11.6 Å². The van der Waals surface area contributed by atoms with E-state index in [1.54, 1.807) is 0 Å². The minimum Gasteiger partial charge on any atom is -0.248 e. The molecule has 0 aliphatic rings. The van der Waals surface area contributed by atoms with Crippen LogP contribution in [0.15, 0.2) is 67.2 Å². The van der Waals surface area contributed by atoms with Gasteiger partial charge in [-0.3, -0.25) is 0 Å². The summed E-state index contributed by atoms with van der Waals surface area (Å²) in [6.07, 6.45) is 0. The zero-order chi connectivity index (χ0) is 13.2. The molecule has 19 heavy (non-hydrogen) atoms. The summed E-state index contributed by atoms with van der Waals surface area (Å²) in [6, 6.07) is 19.8. The van der Waals surface area contributed by atoms with Gasteiger partial charge in [0.25, 0.3) is 0 Å². The van der Waals surface area contributed by atoms with Crippen molar-refractivity contribution in [2.75, 3.05) is 0 Å². The van der Waals surface area contributed by atoms with Crippen molar-refractivity contribution in [1.29, 1.82) is 0 Å². The van der Waals surface area contributed by atoms with E-state index in [0.29, 0.717) is 5.02 Å². The molecule has 0 saturated heterocycles. The molecule has 0 unspecified atom stereocenters. The maximum absolute atomic E-state index is 6.20. The number of para-hydroxylation sites is 1. The Morgan fingerprint density at radius 1 is 0.895 bits per heavy atom. The lowest BCUT2D eigenvalue weighted by atomic mass is 10.0. The SMILES string of the molecule is C=C(c1ccc2ccccc2n1)c1ccccc1Cl. The fourth-order valence-electron chi connectivity index (χ4n) is 2.08. The van der Waals surface area contributed by atoms with E-state index in [0.717, 1.165) is 27.7 Å². The van der Waals surface area contributed by atoms with Crippen molar-refractivity contribution in [2.24, 2.45) is 0 Å². The number of aromatic nitrogens is 1. The van der Waals surface area contributed by atoms with E-state index in [1.807, 2.05) is 54.6 Å². The number of hydrogen-bond donors (Lipinski definition) is 0. The van der Waals surface area contributed by atoms with E-state index >= 15 is 0 Å². The van der Waals surface area contributed by atoms with Crippen LogP contribution in [-0.2, 0) is 0 Å². The lowest BCUT2D eigenvalue weighted by Crippen LogP contribution is -1.91. The monoisotopic (exact) mass is 265 g/mol. The fraction of sp³-hybridized carbons (Fsp3) is 0. The minimum absolute atomic E-state index is 0.697. The smallest absolute Gasteiger partial charge is 0.0710 e. The van der Waals surface area contributed by atoms with Crippen molar-refractivity contribution in [3.8, 4) is 0 Å². The van der Waals surface area contributed by atoms with Gasteiger partial charge in [0.1, 0.15) is 0 Å². The first-order valence-electron chi connectivity index (χ1n) is 6.06. The van der Waals surface area contributed by atoms with E-state index in [2.05, 4.69) is 17.6 Å². The van der Waals surface area contributed by atoms with Crippen molar-refractivity contribution < 1.29 is 0 Å². The minimum atomic E-state index is 0.697. The van der Waals surface area contributed by atoms with Crippen LogP contribution in [0.3, 0.4) is 0 Å². The van der Waals surface area contributed by atoms with Crippen LogP contribution in [-0.4, -0.2) is 4.98 Å². The maximum Gasteiger partial charge on any atom is 0.0710 e. The Bertz CT molecular complexity index is 762. The van der Waals surface area contributed by atoms with E-state index in [1.165, 1.54) is 0 Å². The third-order valence-corrected chi connectivity index (χ3v) is 3.44. The molecule has 0 aliphatic heterocycles. The van der Waals surface area contributed by atoms with Gasteiger partial charge in [0.05, 0.1) is 11.2 Å². The number of hydrogen-bond acceptors (Lipinski definition) is 1. The van der Waals surface area contributed by atoms with Crippen molar-refractivity contribution >= 4 is 28.1 Å². The average molecular weight is 266 g/mol. The summed E-state index contributed by atoms with van der Waals surface area (Å²) < 4.78 is 0. The number of benzene rings is 2. The molecule has 0 fully saturated rings. The lowest BCUT2D eigenvalue weighted by molar-refractivity contribution is 1.34. The molecule has 0 atom stereocenters. The molecule has 0 radical (unpaired) electrons. The molecule has 2 aromatic carbocycles. The van der Waals surface area contributed by atoms with Crippen molar-refractivity contribution in [3.05, 3.63) is 83.5 Å².